The third-order valence-corrected chi connectivity index (χ3v) is 7.30. The highest BCUT2D eigenvalue weighted by Gasteiger charge is 2.36. The maximum atomic E-state index is 11.9. The van der Waals surface area contributed by atoms with Crippen molar-refractivity contribution in [1.29, 1.82) is 0 Å². The Morgan fingerprint density at radius 1 is 1.12 bits per heavy atom. The highest BCUT2D eigenvalue weighted by atomic mass is 35.5. The number of hydrazine groups is 2. The number of rotatable bonds is 10. The molecule has 0 bridgehead atoms. The molecule has 3 heterocycles. The minimum atomic E-state index is -0.567. The van der Waals surface area contributed by atoms with Gasteiger partial charge in [0.05, 0.1) is 26.5 Å². The lowest BCUT2D eigenvalue weighted by Gasteiger charge is -2.26. The Morgan fingerprint density at radius 3 is 2.65 bits per heavy atom. The molecule has 0 unspecified atom stereocenters. The Balaban J connectivity index is 1.53. The van der Waals surface area contributed by atoms with Gasteiger partial charge in [0.15, 0.2) is 23.2 Å². The lowest BCUT2D eigenvalue weighted by atomic mass is 9.91. The summed E-state index contributed by atoms with van der Waals surface area (Å²) in [4.78, 5) is 11.9. The van der Waals surface area contributed by atoms with Crippen molar-refractivity contribution in [3.8, 4) is 17.2 Å². The van der Waals surface area contributed by atoms with Crippen LogP contribution in [0.3, 0.4) is 0 Å². The van der Waals surface area contributed by atoms with Crippen LogP contribution in [0, 0.1) is 5.41 Å². The average molecular weight is 612 g/mol. The fraction of sp³-hybridized carbons (Fsp3) is 0.467. The van der Waals surface area contributed by atoms with Crippen molar-refractivity contribution in [1.82, 2.24) is 30.8 Å². The van der Waals surface area contributed by atoms with Gasteiger partial charge in [-0.05, 0) is 43.0 Å². The largest absolute Gasteiger partial charge is 0.493 e. The van der Waals surface area contributed by atoms with E-state index in [-0.39, 0.29) is 17.8 Å². The summed E-state index contributed by atoms with van der Waals surface area (Å²) in [6, 6.07) is 11.5. The summed E-state index contributed by atoms with van der Waals surface area (Å²) < 4.78 is 25.6. The quantitative estimate of drug-likeness (QED) is 0.313. The molecule has 0 saturated heterocycles. The van der Waals surface area contributed by atoms with E-state index in [0.717, 1.165) is 22.6 Å². The van der Waals surface area contributed by atoms with Crippen molar-refractivity contribution in [2.75, 3.05) is 27.4 Å². The molecule has 0 aliphatic carbocycles. The van der Waals surface area contributed by atoms with Gasteiger partial charge in [-0.1, -0.05) is 44.5 Å². The number of ether oxygens (including phenoxy) is 4. The van der Waals surface area contributed by atoms with Crippen LogP contribution >= 0.6 is 11.6 Å². The van der Waals surface area contributed by atoms with Crippen molar-refractivity contribution in [3.05, 3.63) is 64.2 Å². The smallest absolute Gasteiger partial charge is 0.313 e. The van der Waals surface area contributed by atoms with Crippen LogP contribution in [-0.2, 0) is 20.7 Å². The molecular formula is C30H38ClN7O5. The first-order valence-corrected chi connectivity index (χ1v) is 14.6. The summed E-state index contributed by atoms with van der Waals surface area (Å²) in [5.41, 5.74) is 8.54. The third kappa shape index (κ3) is 6.71. The molecule has 0 saturated carbocycles. The second-order valence-corrected chi connectivity index (χ2v) is 12.0. The van der Waals surface area contributed by atoms with Crippen LogP contribution in [0.1, 0.15) is 75.5 Å². The number of halogens is 1. The fourth-order valence-corrected chi connectivity index (χ4v) is 5.47. The maximum Gasteiger partial charge on any atom is 0.313 e. The number of esters is 1. The SMILES string of the molecule is CCOC(=O)CC1=NNN(CC[C@@H]2O[C@@H](c3cccc(OC)c3OC)c3cc(Cl)ccc3-n3c(CC(C)(C)C)nnc32)N1. The highest BCUT2D eigenvalue weighted by Crippen LogP contribution is 2.46. The van der Waals surface area contributed by atoms with Crippen molar-refractivity contribution in [3.63, 3.8) is 0 Å². The number of nitrogens with zero attached hydrogens (tertiary/aromatic N) is 5. The van der Waals surface area contributed by atoms with E-state index >= 15 is 0 Å². The Hall–Kier alpha value is -3.87. The molecule has 2 aromatic carbocycles. The van der Waals surface area contributed by atoms with E-state index in [1.54, 1.807) is 26.3 Å². The van der Waals surface area contributed by atoms with E-state index in [2.05, 4.69) is 51.6 Å². The monoisotopic (exact) mass is 611 g/mol. The zero-order valence-electron chi connectivity index (χ0n) is 25.3. The summed E-state index contributed by atoms with van der Waals surface area (Å²) in [6.45, 7) is 9.05. The van der Waals surface area contributed by atoms with Gasteiger partial charge >= 0.3 is 5.97 Å². The first kappa shape index (κ1) is 30.6. The zero-order chi connectivity index (χ0) is 30.7. The normalized spacial score (nSPS) is 18.1. The molecule has 0 amide bonds. The van der Waals surface area contributed by atoms with E-state index in [0.29, 0.717) is 54.2 Å². The molecule has 230 valence electrons. The minimum absolute atomic E-state index is 0.0372. The molecule has 0 spiro atoms. The summed E-state index contributed by atoms with van der Waals surface area (Å²) >= 11 is 6.59. The number of fused-ring (bicyclic) bond motifs is 3. The zero-order valence-corrected chi connectivity index (χ0v) is 26.1. The summed E-state index contributed by atoms with van der Waals surface area (Å²) in [5.74, 6) is 2.80. The molecule has 13 heteroatoms. The van der Waals surface area contributed by atoms with Gasteiger partial charge in [0.1, 0.15) is 24.5 Å². The lowest BCUT2D eigenvalue weighted by molar-refractivity contribution is -0.141. The first-order valence-electron chi connectivity index (χ1n) is 14.2. The van der Waals surface area contributed by atoms with Crippen LogP contribution in [-0.4, -0.2) is 59.1 Å². The number of para-hydroxylation sites is 1. The number of nitrogens with one attached hydrogen (secondary N) is 2. The molecule has 12 nitrogen and oxygen atoms in total. The van der Waals surface area contributed by atoms with Gasteiger partial charge in [-0.25, -0.2) is 5.53 Å². The topological polar surface area (TPSA) is 124 Å². The number of amidine groups is 1. The molecule has 2 N–H and O–H groups in total. The van der Waals surface area contributed by atoms with Crippen molar-refractivity contribution < 1.29 is 23.7 Å². The molecule has 43 heavy (non-hydrogen) atoms. The van der Waals surface area contributed by atoms with Crippen molar-refractivity contribution in [2.24, 2.45) is 10.5 Å². The average Bonchev–Trinajstić information content (AvgIpc) is 3.55. The molecule has 1 aromatic heterocycles. The number of hydrogen-bond donors (Lipinski definition) is 2. The van der Waals surface area contributed by atoms with Crippen LogP contribution < -0.4 is 20.4 Å². The molecule has 2 atom stereocenters. The fourth-order valence-electron chi connectivity index (χ4n) is 5.29. The number of methoxy groups -OCH3 is 2. The van der Waals surface area contributed by atoms with E-state index in [9.17, 15) is 4.79 Å². The van der Waals surface area contributed by atoms with Crippen LogP contribution in [0.4, 0.5) is 0 Å². The highest BCUT2D eigenvalue weighted by molar-refractivity contribution is 6.30. The minimum Gasteiger partial charge on any atom is -0.493 e. The Kier molecular flexibility index (Phi) is 9.09. The number of benzene rings is 2. The first-order chi connectivity index (χ1) is 20.6. The van der Waals surface area contributed by atoms with Crippen molar-refractivity contribution >= 4 is 23.4 Å². The summed E-state index contributed by atoms with van der Waals surface area (Å²) in [7, 11) is 3.22. The second kappa shape index (κ2) is 12.8. The predicted molar refractivity (Wildman–Crippen MR) is 161 cm³/mol. The van der Waals surface area contributed by atoms with Crippen molar-refractivity contribution in [2.45, 2.75) is 59.2 Å². The molecule has 0 fully saturated rings. The number of aromatic nitrogens is 3. The summed E-state index contributed by atoms with van der Waals surface area (Å²) in [6.07, 6.45) is 0.173. The number of carbonyl (C=O) groups is 1. The molecule has 3 aromatic rings. The van der Waals surface area contributed by atoms with E-state index in [1.165, 1.54) is 0 Å². The Labute approximate surface area is 256 Å². The Bertz CT molecular complexity index is 1500. The second-order valence-electron chi connectivity index (χ2n) is 11.5. The van der Waals surface area contributed by atoms with Crippen LogP contribution in [0.25, 0.3) is 5.69 Å². The maximum absolute atomic E-state index is 11.9. The van der Waals surface area contributed by atoms with Crippen LogP contribution in [0.2, 0.25) is 5.02 Å². The van der Waals surface area contributed by atoms with Crippen LogP contribution in [0.15, 0.2) is 41.5 Å². The van der Waals surface area contributed by atoms with E-state index in [1.807, 2.05) is 36.4 Å². The van der Waals surface area contributed by atoms with Gasteiger partial charge in [0, 0.05) is 29.1 Å². The number of hydrazone groups is 1. The van der Waals surface area contributed by atoms with Gasteiger partial charge in [-0.15, -0.1) is 20.4 Å². The van der Waals surface area contributed by atoms with Gasteiger partial charge in [-0.2, -0.15) is 0 Å². The van der Waals surface area contributed by atoms with E-state index in [4.69, 9.17) is 30.5 Å². The lowest BCUT2D eigenvalue weighted by Crippen LogP contribution is -2.43. The van der Waals surface area contributed by atoms with Gasteiger partial charge in [-0.3, -0.25) is 14.8 Å². The summed E-state index contributed by atoms with van der Waals surface area (Å²) in [5, 5.41) is 15.8. The van der Waals surface area contributed by atoms with Gasteiger partial charge in [0.25, 0.3) is 0 Å². The van der Waals surface area contributed by atoms with Gasteiger partial charge in [0.2, 0.25) is 0 Å². The van der Waals surface area contributed by atoms with Gasteiger partial charge < -0.3 is 18.9 Å². The number of hydrogen-bond acceptors (Lipinski definition) is 11. The Morgan fingerprint density at radius 2 is 1.93 bits per heavy atom. The molecular weight excluding hydrogens is 574 g/mol. The van der Waals surface area contributed by atoms with E-state index < -0.39 is 12.2 Å². The molecule has 2 aliphatic heterocycles. The van der Waals surface area contributed by atoms with Crippen LogP contribution in [0.5, 0.6) is 11.5 Å². The predicted octanol–water partition coefficient (Wildman–Crippen LogP) is 4.67. The molecule has 2 aliphatic rings. The molecule has 0 radical (unpaired) electrons. The number of carbonyl (C=O) groups excluding carboxylic acids is 1. The molecule has 5 rings (SSSR count). The third-order valence-electron chi connectivity index (χ3n) is 7.06. The standard InChI is InChI=1S/C30H38ClN7O5/c1-7-42-26(39)16-24-32-36-37(35-24)14-13-23-29-34-33-25(17-30(2,3)4)38(29)21-12-11-18(31)15-20(21)27(43-23)19-9-8-10-22(40-5)28(19)41-6/h8-12,15,23,27,36H,7,13-14,16-17H2,1-6H3,(H,32,35)/t23-,27-/m0/s1.